The number of nitro groups is 1. The number of carbonyl (C=O) groups excluding carboxylic acids is 1. The van der Waals surface area contributed by atoms with E-state index in [4.69, 9.17) is 0 Å². The summed E-state index contributed by atoms with van der Waals surface area (Å²) >= 11 is 1.36. The van der Waals surface area contributed by atoms with Crippen molar-refractivity contribution in [1.82, 2.24) is 10.6 Å². The molecule has 2 heterocycles. The summed E-state index contributed by atoms with van der Waals surface area (Å²) in [5.41, 5.74) is 0.0472. The number of nitrogens with zero attached hydrogens (tertiary/aromatic N) is 1. The van der Waals surface area contributed by atoms with E-state index in [9.17, 15) is 14.9 Å². The summed E-state index contributed by atoms with van der Waals surface area (Å²) in [5.74, 6) is 0.542. The molecule has 1 aliphatic heterocycles. The summed E-state index contributed by atoms with van der Waals surface area (Å²) < 4.78 is 0.885. The maximum Gasteiger partial charge on any atom is 0.270 e. The van der Waals surface area contributed by atoms with Crippen LogP contribution >= 0.6 is 23.7 Å². The highest BCUT2D eigenvalue weighted by Crippen LogP contribution is 2.28. The van der Waals surface area contributed by atoms with Crippen molar-refractivity contribution in [3.05, 3.63) is 39.3 Å². The van der Waals surface area contributed by atoms with E-state index in [0.717, 1.165) is 29.6 Å². The van der Waals surface area contributed by atoms with Gasteiger partial charge in [-0.15, -0.1) is 23.7 Å². The van der Waals surface area contributed by atoms with Crippen LogP contribution in [-0.4, -0.2) is 30.5 Å². The largest absolute Gasteiger partial charge is 0.351 e. The van der Waals surface area contributed by atoms with Crippen molar-refractivity contribution in [2.45, 2.75) is 12.8 Å². The van der Waals surface area contributed by atoms with Crippen LogP contribution in [0.25, 0.3) is 10.1 Å². The first kappa shape index (κ1) is 17.7. The number of hydrogen-bond donors (Lipinski definition) is 2. The van der Waals surface area contributed by atoms with Crippen LogP contribution in [0, 0.1) is 16.0 Å². The van der Waals surface area contributed by atoms with E-state index in [-0.39, 0.29) is 24.0 Å². The second-order valence-corrected chi connectivity index (χ2v) is 6.58. The van der Waals surface area contributed by atoms with Crippen LogP contribution in [0.4, 0.5) is 5.69 Å². The topological polar surface area (TPSA) is 84.3 Å². The van der Waals surface area contributed by atoms with Gasteiger partial charge in [-0.2, -0.15) is 0 Å². The van der Waals surface area contributed by atoms with Gasteiger partial charge in [0, 0.05) is 28.8 Å². The van der Waals surface area contributed by atoms with E-state index in [2.05, 4.69) is 10.6 Å². The molecule has 1 saturated heterocycles. The van der Waals surface area contributed by atoms with Crippen molar-refractivity contribution in [2.24, 2.45) is 5.92 Å². The third-order valence-corrected chi connectivity index (χ3v) is 5.05. The number of amides is 1. The van der Waals surface area contributed by atoms with Crippen LogP contribution in [0.3, 0.4) is 0 Å². The van der Waals surface area contributed by atoms with Crippen molar-refractivity contribution < 1.29 is 9.72 Å². The first-order chi connectivity index (χ1) is 10.6. The van der Waals surface area contributed by atoms with Gasteiger partial charge >= 0.3 is 0 Å². The Bertz CT molecular complexity index is 713. The van der Waals surface area contributed by atoms with Crippen molar-refractivity contribution in [3.63, 3.8) is 0 Å². The molecule has 0 bridgehead atoms. The molecule has 3 rings (SSSR count). The van der Waals surface area contributed by atoms with Gasteiger partial charge in [-0.1, -0.05) is 0 Å². The predicted octanol–water partition coefficient (Wildman–Crippen LogP) is 2.96. The standard InChI is InChI=1S/C15H17N3O3S.ClH/c19-15(17-6-4-10-3-5-16-9-10)14-8-11-7-12(18(20)21)1-2-13(11)22-14;/h1-2,7-8,10,16H,3-6,9H2,(H,17,19);1H. The van der Waals surface area contributed by atoms with Gasteiger partial charge < -0.3 is 10.6 Å². The van der Waals surface area contributed by atoms with Crippen LogP contribution in [0.1, 0.15) is 22.5 Å². The van der Waals surface area contributed by atoms with E-state index in [1.807, 2.05) is 0 Å². The van der Waals surface area contributed by atoms with Gasteiger partial charge in [0.15, 0.2) is 0 Å². The Hall–Kier alpha value is -1.70. The summed E-state index contributed by atoms with van der Waals surface area (Å²) in [4.78, 5) is 23.1. The molecule has 0 saturated carbocycles. The molecule has 2 N–H and O–H groups in total. The molecule has 2 aromatic rings. The number of carbonyl (C=O) groups is 1. The molecule has 1 atom stereocenters. The number of rotatable bonds is 5. The van der Waals surface area contributed by atoms with Gasteiger partial charge in [-0.05, 0) is 44.0 Å². The lowest BCUT2D eigenvalue weighted by Gasteiger charge is -2.08. The summed E-state index contributed by atoms with van der Waals surface area (Å²) in [6, 6.07) is 6.39. The molecule has 6 nitrogen and oxygen atoms in total. The summed E-state index contributed by atoms with van der Waals surface area (Å²) in [7, 11) is 0. The van der Waals surface area contributed by atoms with Crippen LogP contribution in [0.5, 0.6) is 0 Å². The lowest BCUT2D eigenvalue weighted by atomic mass is 10.1. The second-order valence-electron chi connectivity index (χ2n) is 5.49. The number of benzene rings is 1. The van der Waals surface area contributed by atoms with E-state index in [1.54, 1.807) is 12.1 Å². The molecule has 0 spiro atoms. The fourth-order valence-electron chi connectivity index (χ4n) is 2.69. The van der Waals surface area contributed by atoms with Crippen molar-refractivity contribution in [3.8, 4) is 0 Å². The third kappa shape index (κ3) is 4.19. The van der Waals surface area contributed by atoms with E-state index >= 15 is 0 Å². The Labute approximate surface area is 143 Å². The zero-order valence-electron chi connectivity index (χ0n) is 12.4. The molecule has 1 aliphatic rings. The minimum atomic E-state index is -0.424. The highest BCUT2D eigenvalue weighted by atomic mass is 35.5. The molecule has 8 heteroatoms. The van der Waals surface area contributed by atoms with Gasteiger partial charge in [-0.25, -0.2) is 0 Å². The highest BCUT2D eigenvalue weighted by molar-refractivity contribution is 7.20. The minimum Gasteiger partial charge on any atom is -0.351 e. The molecular weight excluding hydrogens is 338 g/mol. The zero-order chi connectivity index (χ0) is 15.5. The number of non-ortho nitro benzene ring substituents is 1. The van der Waals surface area contributed by atoms with E-state index < -0.39 is 4.92 Å². The predicted molar refractivity (Wildman–Crippen MR) is 93.7 cm³/mol. The van der Waals surface area contributed by atoms with Gasteiger partial charge in [-0.3, -0.25) is 14.9 Å². The summed E-state index contributed by atoms with van der Waals surface area (Å²) in [6.45, 7) is 2.76. The Kier molecular flexibility index (Phi) is 5.92. The zero-order valence-corrected chi connectivity index (χ0v) is 14.0. The Balaban J connectivity index is 0.00000192. The number of halogens is 1. The van der Waals surface area contributed by atoms with Gasteiger partial charge in [0.25, 0.3) is 11.6 Å². The lowest BCUT2D eigenvalue weighted by Crippen LogP contribution is -2.25. The molecule has 0 radical (unpaired) electrons. The summed E-state index contributed by atoms with van der Waals surface area (Å²) in [6.07, 6.45) is 2.15. The van der Waals surface area contributed by atoms with Crippen molar-refractivity contribution in [1.29, 1.82) is 0 Å². The maximum absolute atomic E-state index is 12.2. The van der Waals surface area contributed by atoms with Crippen LogP contribution in [0.15, 0.2) is 24.3 Å². The van der Waals surface area contributed by atoms with Crippen molar-refractivity contribution in [2.75, 3.05) is 19.6 Å². The Morgan fingerprint density at radius 3 is 2.96 bits per heavy atom. The SMILES string of the molecule is Cl.O=C(NCCC1CCNC1)c1cc2cc([N+](=O)[O-])ccc2s1. The number of nitro benzene ring substituents is 1. The Morgan fingerprint density at radius 1 is 1.43 bits per heavy atom. The highest BCUT2D eigenvalue weighted by Gasteiger charge is 2.16. The van der Waals surface area contributed by atoms with Crippen LogP contribution in [-0.2, 0) is 0 Å². The molecule has 1 fully saturated rings. The van der Waals surface area contributed by atoms with E-state index in [0.29, 0.717) is 17.3 Å². The molecule has 1 amide bonds. The lowest BCUT2D eigenvalue weighted by molar-refractivity contribution is -0.384. The van der Waals surface area contributed by atoms with E-state index in [1.165, 1.54) is 29.9 Å². The molecule has 1 unspecified atom stereocenters. The van der Waals surface area contributed by atoms with Gasteiger partial charge in [0.1, 0.15) is 0 Å². The first-order valence-electron chi connectivity index (χ1n) is 7.30. The molecule has 1 aromatic heterocycles. The molecule has 0 aliphatic carbocycles. The average Bonchev–Trinajstić information content (AvgIpc) is 3.15. The normalized spacial score (nSPS) is 17.0. The Morgan fingerprint density at radius 2 is 2.26 bits per heavy atom. The maximum atomic E-state index is 12.2. The number of hydrogen-bond acceptors (Lipinski definition) is 5. The fourth-order valence-corrected chi connectivity index (χ4v) is 3.65. The number of nitrogens with one attached hydrogen (secondary N) is 2. The number of fused-ring (bicyclic) bond motifs is 1. The second kappa shape index (κ2) is 7.72. The number of thiophene rings is 1. The van der Waals surface area contributed by atoms with Crippen LogP contribution in [0.2, 0.25) is 0 Å². The fraction of sp³-hybridized carbons (Fsp3) is 0.400. The first-order valence-corrected chi connectivity index (χ1v) is 8.12. The third-order valence-electron chi connectivity index (χ3n) is 3.94. The average molecular weight is 356 g/mol. The van der Waals surface area contributed by atoms with Crippen molar-refractivity contribution >= 4 is 45.4 Å². The monoisotopic (exact) mass is 355 g/mol. The summed E-state index contributed by atoms with van der Waals surface area (Å²) in [5, 5.41) is 17.8. The van der Waals surface area contributed by atoms with Gasteiger partial charge in [0.2, 0.25) is 0 Å². The minimum absolute atomic E-state index is 0. The molecule has 1 aromatic carbocycles. The smallest absolute Gasteiger partial charge is 0.270 e. The molecular formula is C15H18ClN3O3S. The van der Waals surface area contributed by atoms with Gasteiger partial charge in [0.05, 0.1) is 9.80 Å². The molecule has 23 heavy (non-hydrogen) atoms. The quantitative estimate of drug-likeness (QED) is 0.638. The van der Waals surface area contributed by atoms with Crippen LogP contribution < -0.4 is 10.6 Å². The molecule has 124 valence electrons.